The summed E-state index contributed by atoms with van der Waals surface area (Å²) in [5.74, 6) is 0.631. The molecule has 0 aromatic heterocycles. The molecular formula is C12H17NO3. The van der Waals surface area contributed by atoms with Crippen LogP contribution in [0.2, 0.25) is 0 Å². The Balaban J connectivity index is 2.88. The van der Waals surface area contributed by atoms with Crippen molar-refractivity contribution in [2.75, 3.05) is 13.7 Å². The van der Waals surface area contributed by atoms with E-state index in [-0.39, 0.29) is 5.90 Å². The summed E-state index contributed by atoms with van der Waals surface area (Å²) in [6.07, 6.45) is -1.01. The number of rotatable bonds is 4. The zero-order chi connectivity index (χ0) is 12.1. The zero-order valence-corrected chi connectivity index (χ0v) is 9.78. The van der Waals surface area contributed by atoms with Gasteiger partial charge in [-0.3, -0.25) is 5.41 Å². The van der Waals surface area contributed by atoms with Crippen LogP contribution in [-0.4, -0.2) is 24.7 Å². The summed E-state index contributed by atoms with van der Waals surface area (Å²) in [5, 5.41) is 17.3. The van der Waals surface area contributed by atoms with Gasteiger partial charge in [0, 0.05) is 0 Å². The Labute approximate surface area is 95.3 Å². The third-order valence-electron chi connectivity index (χ3n) is 2.28. The molecule has 2 N–H and O–H groups in total. The number of nitrogens with one attached hydrogen (secondary N) is 1. The molecule has 0 spiro atoms. The molecule has 1 aromatic carbocycles. The van der Waals surface area contributed by atoms with Crippen LogP contribution in [0.4, 0.5) is 0 Å². The summed E-state index contributed by atoms with van der Waals surface area (Å²) in [6.45, 7) is 4.05. The van der Waals surface area contributed by atoms with Crippen molar-refractivity contribution in [3.63, 3.8) is 0 Å². The van der Waals surface area contributed by atoms with E-state index in [1.165, 1.54) is 0 Å². The number of methoxy groups -OCH3 is 1. The summed E-state index contributed by atoms with van der Waals surface area (Å²) in [6, 6.07) is 5.29. The fourth-order valence-corrected chi connectivity index (χ4v) is 1.46. The average Bonchev–Trinajstić information content (AvgIpc) is 2.28. The first-order chi connectivity index (χ1) is 7.60. The van der Waals surface area contributed by atoms with Gasteiger partial charge in [-0.2, -0.15) is 0 Å². The van der Waals surface area contributed by atoms with Gasteiger partial charge < -0.3 is 14.6 Å². The molecule has 0 aliphatic heterocycles. The lowest BCUT2D eigenvalue weighted by Gasteiger charge is -2.14. The molecule has 1 unspecified atom stereocenters. The molecule has 0 fully saturated rings. The van der Waals surface area contributed by atoms with E-state index in [0.29, 0.717) is 12.2 Å². The average molecular weight is 223 g/mol. The van der Waals surface area contributed by atoms with Crippen LogP contribution in [0.5, 0.6) is 5.75 Å². The highest BCUT2D eigenvalue weighted by molar-refractivity contribution is 5.79. The van der Waals surface area contributed by atoms with Gasteiger partial charge >= 0.3 is 0 Å². The molecule has 0 aliphatic carbocycles. The topological polar surface area (TPSA) is 62.5 Å². The molecule has 0 radical (unpaired) electrons. The van der Waals surface area contributed by atoms with Crippen molar-refractivity contribution >= 4 is 5.90 Å². The van der Waals surface area contributed by atoms with Crippen molar-refractivity contribution in [2.45, 2.75) is 20.0 Å². The van der Waals surface area contributed by atoms with Crippen molar-refractivity contribution in [3.05, 3.63) is 29.3 Å². The molecule has 1 aromatic rings. The normalized spacial score (nSPS) is 12.0. The first kappa shape index (κ1) is 12.5. The number of hydrogen-bond donors (Lipinski definition) is 2. The molecule has 0 bridgehead atoms. The van der Waals surface area contributed by atoms with Crippen molar-refractivity contribution in [1.29, 1.82) is 5.41 Å². The van der Waals surface area contributed by atoms with E-state index in [4.69, 9.17) is 14.9 Å². The van der Waals surface area contributed by atoms with E-state index >= 15 is 0 Å². The van der Waals surface area contributed by atoms with Crippen molar-refractivity contribution in [2.24, 2.45) is 0 Å². The molecule has 1 atom stereocenters. The van der Waals surface area contributed by atoms with Gasteiger partial charge in [0.05, 0.1) is 13.7 Å². The lowest BCUT2D eigenvalue weighted by Crippen LogP contribution is -2.14. The Morgan fingerprint density at radius 3 is 2.69 bits per heavy atom. The second-order valence-corrected chi connectivity index (χ2v) is 3.43. The molecule has 0 saturated heterocycles. The highest BCUT2D eigenvalue weighted by atomic mass is 16.5. The fraction of sp³-hybridized carbons (Fsp3) is 0.417. The van der Waals surface area contributed by atoms with Crippen molar-refractivity contribution in [3.8, 4) is 5.75 Å². The third kappa shape index (κ3) is 2.73. The first-order valence-corrected chi connectivity index (χ1v) is 5.14. The number of aliphatic hydroxyl groups is 1. The van der Waals surface area contributed by atoms with Crippen LogP contribution in [0.15, 0.2) is 18.2 Å². The van der Waals surface area contributed by atoms with Crippen LogP contribution in [0, 0.1) is 12.3 Å². The quantitative estimate of drug-likeness (QED) is 0.606. The van der Waals surface area contributed by atoms with Gasteiger partial charge in [0.15, 0.2) is 6.10 Å². The van der Waals surface area contributed by atoms with E-state index < -0.39 is 6.10 Å². The molecule has 1 rings (SSSR count). The van der Waals surface area contributed by atoms with E-state index in [1.807, 2.05) is 6.92 Å². The zero-order valence-electron chi connectivity index (χ0n) is 9.78. The second kappa shape index (κ2) is 5.51. The Morgan fingerprint density at radius 2 is 2.19 bits per heavy atom. The number of aliphatic hydroxyl groups excluding tert-OH is 1. The molecule has 0 saturated carbocycles. The number of hydrogen-bond acceptors (Lipinski definition) is 4. The minimum absolute atomic E-state index is 0.132. The van der Waals surface area contributed by atoms with Crippen LogP contribution in [-0.2, 0) is 4.74 Å². The first-order valence-electron chi connectivity index (χ1n) is 5.14. The van der Waals surface area contributed by atoms with Crippen molar-refractivity contribution < 1.29 is 14.6 Å². The van der Waals surface area contributed by atoms with Gasteiger partial charge in [-0.15, -0.1) is 0 Å². The predicted molar refractivity (Wildman–Crippen MR) is 62.0 cm³/mol. The van der Waals surface area contributed by atoms with Crippen LogP contribution >= 0.6 is 0 Å². The molecule has 4 heteroatoms. The van der Waals surface area contributed by atoms with Gasteiger partial charge in [0.2, 0.25) is 5.90 Å². The van der Waals surface area contributed by atoms with Gasteiger partial charge in [-0.05, 0) is 37.1 Å². The van der Waals surface area contributed by atoms with Crippen LogP contribution in [0.25, 0.3) is 0 Å². The smallest absolute Gasteiger partial charge is 0.214 e. The van der Waals surface area contributed by atoms with E-state index in [1.54, 1.807) is 32.2 Å². The molecule has 0 aliphatic rings. The Kier molecular flexibility index (Phi) is 4.31. The number of aryl methyl sites for hydroxylation is 1. The van der Waals surface area contributed by atoms with E-state index in [9.17, 15) is 5.11 Å². The number of benzene rings is 1. The largest absolute Gasteiger partial charge is 0.496 e. The summed E-state index contributed by atoms with van der Waals surface area (Å²) < 4.78 is 10.1. The van der Waals surface area contributed by atoms with Gasteiger partial charge in [-0.25, -0.2) is 0 Å². The second-order valence-electron chi connectivity index (χ2n) is 3.43. The van der Waals surface area contributed by atoms with Crippen LogP contribution in [0.3, 0.4) is 0 Å². The van der Waals surface area contributed by atoms with Crippen LogP contribution < -0.4 is 4.74 Å². The highest BCUT2D eigenvalue weighted by Crippen LogP contribution is 2.23. The lowest BCUT2D eigenvalue weighted by molar-refractivity contribution is 0.190. The molecule has 0 amide bonds. The van der Waals surface area contributed by atoms with E-state index in [2.05, 4.69) is 0 Å². The lowest BCUT2D eigenvalue weighted by atomic mass is 10.1. The molecule has 88 valence electrons. The van der Waals surface area contributed by atoms with Crippen molar-refractivity contribution in [1.82, 2.24) is 0 Å². The van der Waals surface area contributed by atoms with Gasteiger partial charge in [0.1, 0.15) is 5.75 Å². The minimum atomic E-state index is -1.01. The van der Waals surface area contributed by atoms with Gasteiger partial charge in [0.25, 0.3) is 0 Å². The summed E-state index contributed by atoms with van der Waals surface area (Å²) in [4.78, 5) is 0. The Bertz CT molecular complexity index is 377. The Hall–Kier alpha value is -1.55. The minimum Gasteiger partial charge on any atom is -0.496 e. The fourth-order valence-electron chi connectivity index (χ4n) is 1.46. The molecular weight excluding hydrogens is 206 g/mol. The maximum atomic E-state index is 9.82. The summed E-state index contributed by atoms with van der Waals surface area (Å²) in [5.41, 5.74) is 1.56. The monoisotopic (exact) mass is 223 g/mol. The third-order valence-corrected chi connectivity index (χ3v) is 2.28. The SMILES string of the molecule is CCOC(=N)C(O)c1ccc(OC)c(C)c1. The maximum Gasteiger partial charge on any atom is 0.214 e. The van der Waals surface area contributed by atoms with Crippen LogP contribution in [0.1, 0.15) is 24.2 Å². The summed E-state index contributed by atoms with van der Waals surface area (Å²) in [7, 11) is 1.60. The predicted octanol–water partition coefficient (Wildman–Crippen LogP) is 2.05. The molecule has 0 heterocycles. The number of ether oxygens (including phenoxy) is 2. The molecule has 16 heavy (non-hydrogen) atoms. The van der Waals surface area contributed by atoms with E-state index in [0.717, 1.165) is 11.3 Å². The highest BCUT2D eigenvalue weighted by Gasteiger charge is 2.15. The molecule has 4 nitrogen and oxygen atoms in total. The standard InChI is InChI=1S/C12H17NO3/c1-4-16-12(13)11(14)9-5-6-10(15-3)8(2)7-9/h5-7,11,13-14H,4H2,1-3H3. The maximum absolute atomic E-state index is 9.82. The van der Waals surface area contributed by atoms with Gasteiger partial charge in [-0.1, -0.05) is 6.07 Å². The summed E-state index contributed by atoms with van der Waals surface area (Å²) >= 11 is 0. The Morgan fingerprint density at radius 1 is 1.50 bits per heavy atom.